The molecule has 1 fully saturated rings. The van der Waals surface area contributed by atoms with Gasteiger partial charge in [0.05, 0.1) is 5.92 Å². The van der Waals surface area contributed by atoms with Crippen molar-refractivity contribution in [3.63, 3.8) is 0 Å². The van der Waals surface area contributed by atoms with Crippen molar-refractivity contribution >= 4 is 17.2 Å². The maximum absolute atomic E-state index is 12.9. The van der Waals surface area contributed by atoms with Crippen LogP contribution in [0.15, 0.2) is 53.6 Å². The van der Waals surface area contributed by atoms with E-state index in [1.54, 1.807) is 17.5 Å². The van der Waals surface area contributed by atoms with Crippen LogP contribution in [-0.2, 0) is 4.79 Å². The van der Waals surface area contributed by atoms with E-state index in [0.29, 0.717) is 5.92 Å². The highest BCUT2D eigenvalue weighted by Gasteiger charge is 2.60. The zero-order valence-electron chi connectivity index (χ0n) is 14.6. The second-order valence-corrected chi connectivity index (χ2v) is 8.22. The standard InChI is InChI=1S/C20H24N2OS/c1-13(2)12-15-16(20(15,3)4)18(23)22-17(19-21-10-11-24-19)14-8-6-5-7-9-14/h5-12,15-17H,1-4H3,(H,22,23)/t15-,16+,17-/m1/s1. The van der Waals surface area contributed by atoms with Gasteiger partial charge in [-0.05, 0) is 30.7 Å². The van der Waals surface area contributed by atoms with E-state index in [2.05, 4.69) is 44.1 Å². The molecule has 0 spiro atoms. The number of nitrogens with zero attached hydrogens (tertiary/aromatic N) is 1. The van der Waals surface area contributed by atoms with Gasteiger partial charge in [-0.1, -0.05) is 55.8 Å². The Hall–Kier alpha value is -1.94. The number of rotatable bonds is 5. The van der Waals surface area contributed by atoms with E-state index in [1.807, 2.05) is 35.7 Å². The summed E-state index contributed by atoms with van der Waals surface area (Å²) in [5.74, 6) is 0.459. The summed E-state index contributed by atoms with van der Waals surface area (Å²) in [6.07, 6.45) is 4.01. The van der Waals surface area contributed by atoms with Gasteiger partial charge in [0.1, 0.15) is 11.0 Å². The van der Waals surface area contributed by atoms with Crippen LogP contribution < -0.4 is 5.32 Å². The number of amides is 1. The van der Waals surface area contributed by atoms with Crippen molar-refractivity contribution in [3.05, 3.63) is 64.1 Å². The molecule has 1 aromatic heterocycles. The van der Waals surface area contributed by atoms with Crippen molar-refractivity contribution in [2.24, 2.45) is 17.3 Å². The third kappa shape index (κ3) is 3.29. The van der Waals surface area contributed by atoms with Crippen molar-refractivity contribution in [2.45, 2.75) is 33.7 Å². The molecular weight excluding hydrogens is 316 g/mol. The molecule has 0 bridgehead atoms. The van der Waals surface area contributed by atoms with Gasteiger partial charge in [0.2, 0.25) is 5.91 Å². The van der Waals surface area contributed by atoms with Crippen LogP contribution in [0.4, 0.5) is 0 Å². The fraction of sp³-hybridized carbons (Fsp3) is 0.400. The minimum atomic E-state index is -0.178. The SMILES string of the molecule is CC(C)=C[C@@H]1[C@@H](C(=O)N[C@H](c2ccccc2)c2nccs2)C1(C)C. The largest absolute Gasteiger partial charge is 0.342 e. The van der Waals surface area contributed by atoms with E-state index in [-0.39, 0.29) is 23.3 Å². The van der Waals surface area contributed by atoms with Gasteiger partial charge in [0.25, 0.3) is 0 Å². The summed E-state index contributed by atoms with van der Waals surface area (Å²) in [6.45, 7) is 8.52. The molecule has 3 nitrogen and oxygen atoms in total. The Morgan fingerprint density at radius 1 is 1.29 bits per heavy atom. The zero-order valence-corrected chi connectivity index (χ0v) is 15.4. The molecule has 1 aliphatic rings. The van der Waals surface area contributed by atoms with Crippen LogP contribution in [0.25, 0.3) is 0 Å². The van der Waals surface area contributed by atoms with E-state index in [1.165, 1.54) is 5.57 Å². The van der Waals surface area contributed by atoms with Crippen molar-refractivity contribution in [3.8, 4) is 0 Å². The summed E-state index contributed by atoms with van der Waals surface area (Å²) < 4.78 is 0. The fourth-order valence-corrected chi connectivity index (χ4v) is 4.10. The van der Waals surface area contributed by atoms with Crippen LogP contribution in [-0.4, -0.2) is 10.9 Å². The summed E-state index contributed by atoms with van der Waals surface area (Å²) in [7, 11) is 0. The lowest BCUT2D eigenvalue weighted by molar-refractivity contribution is -0.123. The molecule has 3 rings (SSSR count). The highest BCUT2D eigenvalue weighted by molar-refractivity contribution is 7.09. The highest BCUT2D eigenvalue weighted by atomic mass is 32.1. The first-order valence-electron chi connectivity index (χ1n) is 8.31. The average Bonchev–Trinajstić information content (AvgIpc) is 2.93. The molecule has 1 aliphatic carbocycles. The summed E-state index contributed by atoms with van der Waals surface area (Å²) in [6, 6.07) is 9.88. The number of hydrogen-bond acceptors (Lipinski definition) is 3. The molecule has 2 aromatic rings. The van der Waals surface area contributed by atoms with Gasteiger partial charge in [-0.15, -0.1) is 11.3 Å². The average molecular weight is 340 g/mol. The number of thiazole rings is 1. The molecule has 1 saturated carbocycles. The monoisotopic (exact) mass is 340 g/mol. The molecule has 126 valence electrons. The van der Waals surface area contributed by atoms with Crippen LogP contribution >= 0.6 is 11.3 Å². The third-order valence-electron chi connectivity index (χ3n) is 4.82. The Balaban J connectivity index is 1.82. The number of hydrogen-bond donors (Lipinski definition) is 1. The molecule has 0 aliphatic heterocycles. The Labute approximate surface area is 147 Å². The lowest BCUT2D eigenvalue weighted by Gasteiger charge is -2.17. The van der Waals surface area contributed by atoms with E-state index in [9.17, 15) is 4.79 Å². The minimum Gasteiger partial charge on any atom is -0.342 e. The molecule has 0 unspecified atom stereocenters. The summed E-state index contributed by atoms with van der Waals surface area (Å²) in [5, 5.41) is 6.11. The molecule has 1 N–H and O–H groups in total. The van der Waals surface area contributed by atoms with Crippen LogP contribution in [0.2, 0.25) is 0 Å². The van der Waals surface area contributed by atoms with Gasteiger partial charge in [-0.2, -0.15) is 0 Å². The second-order valence-electron chi connectivity index (χ2n) is 7.29. The molecular formula is C20H24N2OS. The number of carbonyl (C=O) groups excluding carboxylic acids is 1. The third-order valence-corrected chi connectivity index (χ3v) is 5.66. The first-order valence-corrected chi connectivity index (χ1v) is 9.19. The number of allylic oxidation sites excluding steroid dienone is 2. The van der Waals surface area contributed by atoms with E-state index < -0.39 is 0 Å². The summed E-state index contributed by atoms with van der Waals surface area (Å²) >= 11 is 1.57. The first-order chi connectivity index (χ1) is 11.4. The Morgan fingerprint density at radius 2 is 2.00 bits per heavy atom. The topological polar surface area (TPSA) is 42.0 Å². The molecule has 0 saturated heterocycles. The van der Waals surface area contributed by atoms with Crippen molar-refractivity contribution < 1.29 is 4.79 Å². The lowest BCUT2D eigenvalue weighted by atomic mass is 10.1. The normalized spacial score (nSPS) is 22.5. The highest BCUT2D eigenvalue weighted by Crippen LogP contribution is 2.59. The Kier molecular flexibility index (Phi) is 4.59. The zero-order chi connectivity index (χ0) is 17.3. The van der Waals surface area contributed by atoms with E-state index in [0.717, 1.165) is 10.6 Å². The molecule has 1 aromatic carbocycles. The van der Waals surface area contributed by atoms with Crippen LogP contribution in [0.3, 0.4) is 0 Å². The van der Waals surface area contributed by atoms with Gasteiger partial charge < -0.3 is 5.32 Å². The maximum atomic E-state index is 12.9. The fourth-order valence-electron chi connectivity index (χ4n) is 3.39. The van der Waals surface area contributed by atoms with Gasteiger partial charge in [-0.25, -0.2) is 4.98 Å². The molecule has 24 heavy (non-hydrogen) atoms. The van der Waals surface area contributed by atoms with Crippen molar-refractivity contribution in [2.75, 3.05) is 0 Å². The summed E-state index contributed by atoms with van der Waals surface area (Å²) in [4.78, 5) is 17.3. The number of nitrogens with one attached hydrogen (secondary N) is 1. The number of aromatic nitrogens is 1. The molecule has 3 atom stereocenters. The predicted molar refractivity (Wildman–Crippen MR) is 98.7 cm³/mol. The molecule has 4 heteroatoms. The first kappa shape index (κ1) is 16.9. The van der Waals surface area contributed by atoms with E-state index >= 15 is 0 Å². The maximum Gasteiger partial charge on any atom is 0.225 e. The van der Waals surface area contributed by atoms with Crippen LogP contribution in [0.1, 0.15) is 44.3 Å². The quantitative estimate of drug-likeness (QED) is 0.809. The molecule has 1 amide bonds. The van der Waals surface area contributed by atoms with Crippen molar-refractivity contribution in [1.29, 1.82) is 0 Å². The van der Waals surface area contributed by atoms with Crippen molar-refractivity contribution in [1.82, 2.24) is 10.3 Å². The van der Waals surface area contributed by atoms with Crippen LogP contribution in [0.5, 0.6) is 0 Å². The molecule has 1 heterocycles. The lowest BCUT2D eigenvalue weighted by Crippen LogP contribution is -2.31. The van der Waals surface area contributed by atoms with Crippen LogP contribution in [0, 0.1) is 17.3 Å². The Bertz CT molecular complexity index is 730. The van der Waals surface area contributed by atoms with E-state index in [4.69, 9.17) is 0 Å². The molecule has 0 radical (unpaired) electrons. The van der Waals surface area contributed by atoms with Gasteiger partial charge >= 0.3 is 0 Å². The summed E-state index contributed by atoms with van der Waals surface area (Å²) in [5.41, 5.74) is 2.35. The number of benzene rings is 1. The predicted octanol–water partition coefficient (Wildman–Crippen LogP) is 4.59. The number of carbonyl (C=O) groups is 1. The van der Waals surface area contributed by atoms with Gasteiger partial charge in [-0.3, -0.25) is 4.79 Å². The van der Waals surface area contributed by atoms with Gasteiger partial charge in [0, 0.05) is 11.6 Å². The minimum absolute atomic E-state index is 0.0193. The smallest absolute Gasteiger partial charge is 0.225 e. The Morgan fingerprint density at radius 3 is 2.58 bits per heavy atom. The second kappa shape index (κ2) is 6.52. The van der Waals surface area contributed by atoms with Gasteiger partial charge in [0.15, 0.2) is 0 Å².